The molecule has 0 atom stereocenters. The zero-order valence-electron chi connectivity index (χ0n) is 11.3. The summed E-state index contributed by atoms with van der Waals surface area (Å²) in [6, 6.07) is 0. The highest BCUT2D eigenvalue weighted by Crippen LogP contribution is 2.34. The molecule has 0 radical (unpaired) electrons. The Kier molecular flexibility index (Phi) is 4.98. The fourth-order valence-electron chi connectivity index (χ4n) is 1.52. The average Bonchev–Trinajstić information content (AvgIpc) is 2.68. The molecule has 0 aliphatic carbocycles. The monoisotopic (exact) mass is 291 g/mol. The van der Waals surface area contributed by atoms with E-state index in [9.17, 15) is 8.42 Å². The van der Waals surface area contributed by atoms with Crippen LogP contribution in [0.1, 0.15) is 27.2 Å². The molecule has 1 rings (SSSR count). The Hall–Kier alpha value is -0.820. The van der Waals surface area contributed by atoms with Crippen molar-refractivity contribution in [3.63, 3.8) is 0 Å². The van der Waals surface area contributed by atoms with Gasteiger partial charge < -0.3 is 10.6 Å². The van der Waals surface area contributed by atoms with Gasteiger partial charge in [-0.05, 0) is 23.9 Å². The molecule has 0 saturated heterocycles. The van der Waals surface area contributed by atoms with Gasteiger partial charge in [0.05, 0.1) is 5.75 Å². The van der Waals surface area contributed by atoms with Crippen molar-refractivity contribution in [1.82, 2.24) is 4.37 Å². The molecule has 7 heteroatoms. The maximum Gasteiger partial charge on any atom is 0.184 e. The first-order valence-electron chi connectivity index (χ1n) is 5.98. The summed E-state index contributed by atoms with van der Waals surface area (Å²) < 4.78 is 28.0. The molecular formula is C11H21N3O2S2. The number of aromatic nitrogens is 1. The number of rotatable bonds is 6. The Morgan fingerprint density at radius 3 is 2.56 bits per heavy atom. The Balaban J connectivity index is 3.04. The number of nitrogens with zero attached hydrogens (tertiary/aromatic N) is 2. The molecular weight excluding hydrogens is 270 g/mol. The second-order valence-electron chi connectivity index (χ2n) is 4.71. The van der Waals surface area contributed by atoms with Crippen LogP contribution in [0.25, 0.3) is 0 Å². The van der Waals surface area contributed by atoms with E-state index < -0.39 is 9.84 Å². The van der Waals surface area contributed by atoms with E-state index in [2.05, 4.69) is 18.2 Å². The lowest BCUT2D eigenvalue weighted by Gasteiger charge is -2.19. The Labute approximate surface area is 113 Å². The molecule has 5 nitrogen and oxygen atoms in total. The molecule has 1 aromatic rings. The minimum absolute atomic E-state index is 0.0423. The van der Waals surface area contributed by atoms with Crippen molar-refractivity contribution in [3.05, 3.63) is 0 Å². The quantitative estimate of drug-likeness (QED) is 0.867. The molecule has 0 spiro atoms. The van der Waals surface area contributed by atoms with Crippen LogP contribution in [0.2, 0.25) is 0 Å². The normalized spacial score (nSPS) is 12.1. The van der Waals surface area contributed by atoms with E-state index in [1.54, 1.807) is 6.92 Å². The van der Waals surface area contributed by atoms with E-state index in [1.807, 2.05) is 11.9 Å². The lowest BCUT2D eigenvalue weighted by molar-refractivity contribution is 0.583. The van der Waals surface area contributed by atoms with Gasteiger partial charge in [0.25, 0.3) is 0 Å². The highest BCUT2D eigenvalue weighted by atomic mass is 32.2. The maximum atomic E-state index is 12.0. The molecule has 18 heavy (non-hydrogen) atoms. The molecule has 2 N–H and O–H groups in total. The Morgan fingerprint density at radius 2 is 2.06 bits per heavy atom. The summed E-state index contributed by atoms with van der Waals surface area (Å²) in [6.07, 6.45) is 1.000. The molecule has 0 unspecified atom stereocenters. The average molecular weight is 291 g/mol. The fourth-order valence-corrected chi connectivity index (χ4v) is 3.84. The van der Waals surface area contributed by atoms with Crippen molar-refractivity contribution >= 4 is 32.2 Å². The van der Waals surface area contributed by atoms with Crippen LogP contribution in [0.5, 0.6) is 0 Å². The number of nitrogens with two attached hydrogens (primary N) is 1. The summed E-state index contributed by atoms with van der Waals surface area (Å²) in [5.74, 6) is 0.734. The van der Waals surface area contributed by atoms with E-state index in [0.29, 0.717) is 10.9 Å². The van der Waals surface area contributed by atoms with Crippen molar-refractivity contribution in [2.45, 2.75) is 32.1 Å². The van der Waals surface area contributed by atoms with Crippen LogP contribution in [-0.4, -0.2) is 32.1 Å². The van der Waals surface area contributed by atoms with Crippen molar-refractivity contribution in [2.75, 3.05) is 30.0 Å². The molecule has 104 valence electrons. The number of nitrogen functional groups attached to an aromatic ring is 1. The summed E-state index contributed by atoms with van der Waals surface area (Å²) >= 11 is 1.15. The van der Waals surface area contributed by atoms with Gasteiger partial charge in [-0.25, -0.2) is 8.42 Å². The predicted octanol–water partition coefficient (Wildman–Crippen LogP) is 2.00. The minimum atomic E-state index is -3.32. The Morgan fingerprint density at radius 1 is 1.44 bits per heavy atom. The Bertz CT molecular complexity index is 494. The van der Waals surface area contributed by atoms with Crippen LogP contribution >= 0.6 is 11.5 Å². The van der Waals surface area contributed by atoms with Crippen LogP contribution in [0.4, 0.5) is 10.8 Å². The third-order valence-electron chi connectivity index (χ3n) is 2.74. The fraction of sp³-hybridized carbons (Fsp3) is 0.727. The SMILES string of the molecule is CCS(=O)(=O)c1c(N)nsc1N(C)CCC(C)C. The van der Waals surface area contributed by atoms with E-state index in [4.69, 9.17) is 5.73 Å². The van der Waals surface area contributed by atoms with Crippen molar-refractivity contribution < 1.29 is 8.42 Å². The number of hydrogen-bond donors (Lipinski definition) is 1. The van der Waals surface area contributed by atoms with E-state index in [1.165, 1.54) is 0 Å². The van der Waals surface area contributed by atoms with Crippen molar-refractivity contribution in [2.24, 2.45) is 5.92 Å². The lowest BCUT2D eigenvalue weighted by Crippen LogP contribution is -2.21. The standard InChI is InChI=1S/C11H21N3O2S2/c1-5-18(15,16)9-10(12)13-17-11(9)14(4)7-6-8(2)3/h8H,5-7H2,1-4H3,(H2,12,13). The van der Waals surface area contributed by atoms with Crippen LogP contribution in [0, 0.1) is 5.92 Å². The summed E-state index contributed by atoms with van der Waals surface area (Å²) in [7, 11) is -1.44. The zero-order valence-corrected chi connectivity index (χ0v) is 12.9. The first-order chi connectivity index (χ1) is 8.29. The molecule has 0 aliphatic heterocycles. The van der Waals surface area contributed by atoms with Crippen LogP contribution in [0.3, 0.4) is 0 Å². The smallest absolute Gasteiger partial charge is 0.184 e. The summed E-state index contributed by atoms with van der Waals surface area (Å²) in [4.78, 5) is 2.12. The molecule has 0 saturated carbocycles. The van der Waals surface area contributed by atoms with Crippen LogP contribution in [0.15, 0.2) is 4.90 Å². The highest BCUT2D eigenvalue weighted by Gasteiger charge is 2.25. The zero-order chi connectivity index (χ0) is 13.9. The van der Waals surface area contributed by atoms with E-state index in [-0.39, 0.29) is 16.5 Å². The van der Waals surface area contributed by atoms with Gasteiger partial charge in [0.1, 0.15) is 9.90 Å². The second-order valence-corrected chi connectivity index (χ2v) is 7.68. The van der Waals surface area contributed by atoms with Gasteiger partial charge in [0.15, 0.2) is 15.7 Å². The molecule has 0 amide bonds. The van der Waals surface area contributed by atoms with Gasteiger partial charge in [-0.3, -0.25) is 0 Å². The van der Waals surface area contributed by atoms with Gasteiger partial charge in [0.2, 0.25) is 0 Å². The predicted molar refractivity (Wildman–Crippen MR) is 77.0 cm³/mol. The molecule has 0 aliphatic rings. The summed E-state index contributed by atoms with van der Waals surface area (Å²) in [6.45, 7) is 6.69. The molecule has 1 aromatic heterocycles. The third kappa shape index (κ3) is 3.35. The molecule has 0 fully saturated rings. The van der Waals surface area contributed by atoms with Crippen LogP contribution in [-0.2, 0) is 9.84 Å². The van der Waals surface area contributed by atoms with Gasteiger partial charge >= 0.3 is 0 Å². The molecule has 0 aromatic carbocycles. The maximum absolute atomic E-state index is 12.0. The van der Waals surface area contributed by atoms with Gasteiger partial charge in [-0.1, -0.05) is 20.8 Å². The van der Waals surface area contributed by atoms with Crippen molar-refractivity contribution in [1.29, 1.82) is 0 Å². The topological polar surface area (TPSA) is 76.3 Å². The first-order valence-corrected chi connectivity index (χ1v) is 8.41. The van der Waals surface area contributed by atoms with Gasteiger partial charge in [-0.2, -0.15) is 4.37 Å². The van der Waals surface area contributed by atoms with Gasteiger partial charge in [-0.15, -0.1) is 0 Å². The largest absolute Gasteiger partial charge is 0.382 e. The molecule has 0 bridgehead atoms. The van der Waals surface area contributed by atoms with Crippen LogP contribution < -0.4 is 10.6 Å². The van der Waals surface area contributed by atoms with E-state index >= 15 is 0 Å². The lowest BCUT2D eigenvalue weighted by atomic mass is 10.1. The van der Waals surface area contributed by atoms with E-state index in [0.717, 1.165) is 24.5 Å². The highest BCUT2D eigenvalue weighted by molar-refractivity contribution is 7.91. The third-order valence-corrected chi connectivity index (χ3v) is 5.63. The summed E-state index contributed by atoms with van der Waals surface area (Å²) in [5.41, 5.74) is 5.69. The second kappa shape index (κ2) is 5.88. The van der Waals surface area contributed by atoms with Gasteiger partial charge in [0, 0.05) is 13.6 Å². The number of anilines is 2. The number of hydrogen-bond acceptors (Lipinski definition) is 6. The molecule has 1 heterocycles. The summed E-state index contributed by atoms with van der Waals surface area (Å²) in [5, 5.41) is 0.648. The first kappa shape index (κ1) is 15.2. The van der Waals surface area contributed by atoms with Crippen molar-refractivity contribution in [3.8, 4) is 0 Å². The number of sulfone groups is 1. The minimum Gasteiger partial charge on any atom is -0.382 e.